The third kappa shape index (κ3) is 3.20. The summed E-state index contributed by atoms with van der Waals surface area (Å²) in [7, 11) is 0. The van der Waals surface area contributed by atoms with E-state index in [9.17, 15) is 9.90 Å². The smallest absolute Gasteiger partial charge is 0.407 e. The minimum Gasteiger partial charge on any atom is -0.447 e. The highest BCUT2D eigenvalue weighted by atomic mass is 16.6. The Bertz CT molecular complexity index is 184. The zero-order valence-corrected chi connectivity index (χ0v) is 7.91. The molecule has 76 valence electrons. The number of aliphatic hydroxyl groups excluding tert-OH is 1. The van der Waals surface area contributed by atoms with Crippen LogP contribution < -0.4 is 10.6 Å². The molecule has 2 atom stereocenters. The molecular formula is C8H16N2O3. The summed E-state index contributed by atoms with van der Waals surface area (Å²) in [5.74, 6) is 0. The van der Waals surface area contributed by atoms with Gasteiger partial charge in [-0.25, -0.2) is 4.79 Å². The minimum atomic E-state index is -0.514. The van der Waals surface area contributed by atoms with Crippen LogP contribution in [0, 0.1) is 0 Å². The van der Waals surface area contributed by atoms with Gasteiger partial charge in [0.1, 0.15) is 0 Å². The minimum absolute atomic E-state index is 0.133. The van der Waals surface area contributed by atoms with Crippen molar-refractivity contribution >= 4 is 6.09 Å². The molecule has 0 aromatic carbocycles. The molecule has 0 aromatic rings. The fourth-order valence-electron chi connectivity index (χ4n) is 1.21. The maximum Gasteiger partial charge on any atom is 0.407 e. The van der Waals surface area contributed by atoms with Crippen LogP contribution in [0.25, 0.3) is 0 Å². The van der Waals surface area contributed by atoms with Crippen LogP contribution in [0.3, 0.4) is 0 Å². The number of amides is 1. The predicted octanol–water partition coefficient (Wildman–Crippen LogP) is -0.546. The van der Waals surface area contributed by atoms with Gasteiger partial charge in [0.25, 0.3) is 0 Å². The molecule has 0 aromatic heterocycles. The first kappa shape index (κ1) is 10.3. The molecule has 1 heterocycles. The molecule has 1 amide bonds. The lowest BCUT2D eigenvalue weighted by Crippen LogP contribution is -2.43. The van der Waals surface area contributed by atoms with Gasteiger partial charge in [-0.2, -0.15) is 0 Å². The van der Waals surface area contributed by atoms with E-state index in [0.29, 0.717) is 13.1 Å². The number of alkyl carbamates (subject to hydrolysis) is 1. The van der Waals surface area contributed by atoms with Gasteiger partial charge in [-0.15, -0.1) is 0 Å². The van der Waals surface area contributed by atoms with Crippen molar-refractivity contribution in [2.24, 2.45) is 0 Å². The second kappa shape index (κ2) is 4.43. The van der Waals surface area contributed by atoms with Crippen molar-refractivity contribution in [2.45, 2.75) is 32.1 Å². The highest BCUT2D eigenvalue weighted by Gasteiger charge is 2.26. The molecule has 1 aliphatic heterocycles. The van der Waals surface area contributed by atoms with Gasteiger partial charge in [0.05, 0.1) is 18.2 Å². The summed E-state index contributed by atoms with van der Waals surface area (Å²) >= 11 is 0. The van der Waals surface area contributed by atoms with Crippen LogP contribution in [-0.4, -0.2) is 42.5 Å². The average Bonchev–Trinajstić information content (AvgIpc) is 2.34. The molecule has 0 spiro atoms. The third-order valence-electron chi connectivity index (χ3n) is 1.83. The Morgan fingerprint density at radius 3 is 2.77 bits per heavy atom. The van der Waals surface area contributed by atoms with E-state index in [4.69, 9.17) is 4.74 Å². The molecule has 3 N–H and O–H groups in total. The second-order valence-electron chi connectivity index (χ2n) is 3.43. The third-order valence-corrected chi connectivity index (χ3v) is 1.83. The number of carbonyl (C=O) groups is 1. The Labute approximate surface area is 77.5 Å². The van der Waals surface area contributed by atoms with Crippen LogP contribution in [0.2, 0.25) is 0 Å². The summed E-state index contributed by atoms with van der Waals surface area (Å²) in [6, 6.07) is -0.230. The second-order valence-corrected chi connectivity index (χ2v) is 3.43. The molecule has 0 aliphatic carbocycles. The highest BCUT2D eigenvalue weighted by Crippen LogP contribution is 2.00. The van der Waals surface area contributed by atoms with E-state index in [1.807, 2.05) is 0 Å². The van der Waals surface area contributed by atoms with Crippen molar-refractivity contribution in [1.82, 2.24) is 10.6 Å². The van der Waals surface area contributed by atoms with E-state index < -0.39 is 12.2 Å². The standard InChI is InChI=1S/C8H16N2O3/c1-5(2)13-8(12)10-6-3-9-4-7(6)11/h5-7,9,11H,3-4H2,1-2H3,(H,10,12)/t6-,7-/m1/s1. The molecule has 1 fully saturated rings. The van der Waals surface area contributed by atoms with Gasteiger partial charge in [0.2, 0.25) is 0 Å². The van der Waals surface area contributed by atoms with E-state index in [-0.39, 0.29) is 12.1 Å². The number of ether oxygens (including phenoxy) is 1. The summed E-state index contributed by atoms with van der Waals surface area (Å²) in [6.07, 6.45) is -1.12. The number of hydrogen-bond donors (Lipinski definition) is 3. The Kier molecular flexibility index (Phi) is 3.50. The highest BCUT2D eigenvalue weighted by molar-refractivity contribution is 5.67. The maximum absolute atomic E-state index is 11.1. The van der Waals surface area contributed by atoms with Gasteiger partial charge in [-0.3, -0.25) is 0 Å². The summed E-state index contributed by atoms with van der Waals surface area (Å²) in [6.45, 7) is 4.67. The lowest BCUT2D eigenvalue weighted by Gasteiger charge is -2.16. The lowest BCUT2D eigenvalue weighted by molar-refractivity contribution is 0.100. The molecule has 5 heteroatoms. The van der Waals surface area contributed by atoms with Crippen molar-refractivity contribution in [3.05, 3.63) is 0 Å². The summed E-state index contributed by atoms with van der Waals surface area (Å²) in [4.78, 5) is 11.1. The Hall–Kier alpha value is -0.810. The van der Waals surface area contributed by atoms with E-state index >= 15 is 0 Å². The number of hydrogen-bond acceptors (Lipinski definition) is 4. The topological polar surface area (TPSA) is 70.6 Å². The summed E-state index contributed by atoms with van der Waals surface area (Å²) < 4.78 is 4.87. The van der Waals surface area contributed by atoms with E-state index in [1.54, 1.807) is 13.8 Å². The van der Waals surface area contributed by atoms with Crippen molar-refractivity contribution in [3.63, 3.8) is 0 Å². The SMILES string of the molecule is CC(C)OC(=O)N[C@@H]1CNC[C@H]1O. The Morgan fingerprint density at radius 1 is 1.62 bits per heavy atom. The van der Waals surface area contributed by atoms with Crippen LogP contribution >= 0.6 is 0 Å². The summed E-state index contributed by atoms with van der Waals surface area (Å²) in [5.41, 5.74) is 0. The molecular weight excluding hydrogens is 172 g/mol. The zero-order valence-electron chi connectivity index (χ0n) is 7.91. The monoisotopic (exact) mass is 188 g/mol. The molecule has 5 nitrogen and oxygen atoms in total. The van der Waals surface area contributed by atoms with E-state index in [0.717, 1.165) is 0 Å². The fourth-order valence-corrected chi connectivity index (χ4v) is 1.21. The number of β-amino-alcohol motifs (C(OH)–C–C–N with tert-alkyl or cyclic N) is 1. The van der Waals surface area contributed by atoms with Crippen molar-refractivity contribution in [2.75, 3.05) is 13.1 Å². The lowest BCUT2D eigenvalue weighted by atomic mass is 10.2. The Balaban J connectivity index is 2.27. The first-order chi connectivity index (χ1) is 6.09. The molecule has 13 heavy (non-hydrogen) atoms. The average molecular weight is 188 g/mol. The van der Waals surface area contributed by atoms with Crippen molar-refractivity contribution in [3.8, 4) is 0 Å². The van der Waals surface area contributed by atoms with Gasteiger partial charge in [-0.05, 0) is 13.8 Å². The fraction of sp³-hybridized carbons (Fsp3) is 0.875. The molecule has 0 unspecified atom stereocenters. The van der Waals surface area contributed by atoms with E-state index in [1.165, 1.54) is 0 Å². The van der Waals surface area contributed by atoms with Crippen molar-refractivity contribution in [1.29, 1.82) is 0 Å². The predicted molar refractivity (Wildman–Crippen MR) is 47.4 cm³/mol. The molecule has 0 saturated carbocycles. The number of carbonyl (C=O) groups excluding carboxylic acids is 1. The van der Waals surface area contributed by atoms with Gasteiger partial charge in [-0.1, -0.05) is 0 Å². The van der Waals surface area contributed by atoms with Crippen LogP contribution in [0.1, 0.15) is 13.8 Å². The van der Waals surface area contributed by atoms with Gasteiger partial charge < -0.3 is 20.5 Å². The first-order valence-electron chi connectivity index (χ1n) is 4.45. The first-order valence-corrected chi connectivity index (χ1v) is 4.45. The number of nitrogens with one attached hydrogen (secondary N) is 2. The van der Waals surface area contributed by atoms with Crippen molar-refractivity contribution < 1.29 is 14.6 Å². The maximum atomic E-state index is 11.1. The van der Waals surface area contributed by atoms with Crippen LogP contribution in [0.15, 0.2) is 0 Å². The normalized spacial score (nSPS) is 27.7. The van der Waals surface area contributed by atoms with Crippen LogP contribution in [0.4, 0.5) is 4.79 Å². The Morgan fingerprint density at radius 2 is 2.31 bits per heavy atom. The van der Waals surface area contributed by atoms with Crippen LogP contribution in [-0.2, 0) is 4.74 Å². The molecule has 1 saturated heterocycles. The van der Waals surface area contributed by atoms with Gasteiger partial charge in [0.15, 0.2) is 0 Å². The van der Waals surface area contributed by atoms with Gasteiger partial charge in [0, 0.05) is 13.1 Å². The molecule has 1 rings (SSSR count). The van der Waals surface area contributed by atoms with Crippen LogP contribution in [0.5, 0.6) is 0 Å². The van der Waals surface area contributed by atoms with E-state index in [2.05, 4.69) is 10.6 Å². The molecule has 0 radical (unpaired) electrons. The molecule has 1 aliphatic rings. The zero-order chi connectivity index (χ0) is 9.84. The molecule has 0 bridgehead atoms. The largest absolute Gasteiger partial charge is 0.447 e. The summed E-state index contributed by atoms with van der Waals surface area (Å²) in [5, 5.41) is 14.9. The van der Waals surface area contributed by atoms with Gasteiger partial charge >= 0.3 is 6.09 Å². The number of aliphatic hydroxyl groups is 1. The quantitative estimate of drug-likeness (QED) is 0.544. The number of rotatable bonds is 2.